The Morgan fingerprint density at radius 2 is 2.19 bits per heavy atom. The zero-order valence-corrected chi connectivity index (χ0v) is 10.2. The summed E-state index contributed by atoms with van der Waals surface area (Å²) in [5.74, 6) is -1.60. The van der Waals surface area contributed by atoms with Gasteiger partial charge in [-0.25, -0.2) is 4.72 Å². The third-order valence-electron chi connectivity index (χ3n) is 2.64. The molecule has 2 N–H and O–H groups in total. The van der Waals surface area contributed by atoms with E-state index in [4.69, 9.17) is 5.11 Å². The minimum atomic E-state index is -3.45. The van der Waals surface area contributed by atoms with Crippen molar-refractivity contribution in [3.8, 4) is 0 Å². The second-order valence-corrected chi connectivity index (χ2v) is 5.71. The Labute approximate surface area is 95.8 Å². The summed E-state index contributed by atoms with van der Waals surface area (Å²) in [5.41, 5.74) is 0. The number of carbonyl (C=O) groups is 1. The van der Waals surface area contributed by atoms with Gasteiger partial charge in [0.05, 0.1) is 5.92 Å². The molecule has 1 aliphatic heterocycles. The molecule has 6 nitrogen and oxygen atoms in total. The highest BCUT2D eigenvalue weighted by atomic mass is 32.2. The predicted molar refractivity (Wildman–Crippen MR) is 59.1 cm³/mol. The van der Waals surface area contributed by atoms with Crippen LogP contribution in [0.1, 0.15) is 26.2 Å². The molecule has 16 heavy (non-hydrogen) atoms. The maximum Gasteiger partial charge on any atom is 0.309 e. The molecule has 0 aromatic rings. The molecule has 0 amide bonds. The van der Waals surface area contributed by atoms with Gasteiger partial charge in [0, 0.05) is 19.6 Å². The Morgan fingerprint density at radius 3 is 2.75 bits per heavy atom. The zero-order chi connectivity index (χ0) is 12.2. The average molecular weight is 250 g/mol. The summed E-state index contributed by atoms with van der Waals surface area (Å²) in [5, 5.41) is 8.84. The highest BCUT2D eigenvalue weighted by Crippen LogP contribution is 2.13. The first-order valence-corrected chi connectivity index (χ1v) is 6.89. The standard InChI is InChI=1S/C9H18N2O4S/c1-2-3-4-5-11-7-8(9(12)13)6-10-16(11,14)15/h8,10H,2-7H2,1H3,(H,12,13). The lowest BCUT2D eigenvalue weighted by Gasteiger charge is -2.30. The Kier molecular flexibility index (Phi) is 4.69. The van der Waals surface area contributed by atoms with Gasteiger partial charge in [-0.3, -0.25) is 4.79 Å². The van der Waals surface area contributed by atoms with Crippen LogP contribution in [0.2, 0.25) is 0 Å². The third-order valence-corrected chi connectivity index (χ3v) is 4.18. The Hall–Kier alpha value is -0.660. The minimum Gasteiger partial charge on any atom is -0.481 e. The van der Waals surface area contributed by atoms with Crippen LogP contribution in [0.15, 0.2) is 0 Å². The smallest absolute Gasteiger partial charge is 0.309 e. The van der Waals surface area contributed by atoms with Gasteiger partial charge in [0.1, 0.15) is 0 Å². The molecule has 1 rings (SSSR count). The summed E-state index contributed by atoms with van der Waals surface area (Å²) >= 11 is 0. The third kappa shape index (κ3) is 3.43. The number of carboxylic acid groups (broad SMARTS) is 1. The fraction of sp³-hybridized carbons (Fsp3) is 0.889. The SMILES string of the molecule is CCCCCN1CC(C(=O)O)CNS1(=O)=O. The number of hydrogen-bond acceptors (Lipinski definition) is 3. The summed E-state index contributed by atoms with van der Waals surface area (Å²) in [6.45, 7) is 2.49. The number of aliphatic carboxylic acids is 1. The van der Waals surface area contributed by atoms with E-state index in [0.29, 0.717) is 6.54 Å². The molecule has 1 heterocycles. The molecule has 7 heteroatoms. The quantitative estimate of drug-likeness (QED) is 0.674. The van der Waals surface area contributed by atoms with Crippen molar-refractivity contribution < 1.29 is 18.3 Å². The molecule has 94 valence electrons. The van der Waals surface area contributed by atoms with Gasteiger partial charge >= 0.3 is 5.97 Å². The summed E-state index contributed by atoms with van der Waals surface area (Å²) in [6, 6.07) is 0. The molecule has 1 aliphatic rings. The second-order valence-electron chi connectivity index (χ2n) is 3.95. The molecule has 0 aromatic carbocycles. The molecular weight excluding hydrogens is 232 g/mol. The van der Waals surface area contributed by atoms with Gasteiger partial charge in [-0.05, 0) is 6.42 Å². The molecule has 0 bridgehead atoms. The van der Waals surface area contributed by atoms with E-state index in [1.54, 1.807) is 0 Å². The second kappa shape index (κ2) is 5.60. The molecule has 0 spiro atoms. The summed E-state index contributed by atoms with van der Waals surface area (Å²) in [4.78, 5) is 10.8. The van der Waals surface area contributed by atoms with Crippen LogP contribution in [-0.4, -0.2) is 43.4 Å². The summed E-state index contributed by atoms with van der Waals surface area (Å²) in [6.07, 6.45) is 2.72. The first-order valence-electron chi connectivity index (χ1n) is 5.45. The zero-order valence-electron chi connectivity index (χ0n) is 9.35. The fourth-order valence-electron chi connectivity index (χ4n) is 1.62. The maximum absolute atomic E-state index is 11.6. The summed E-state index contributed by atoms with van der Waals surface area (Å²) < 4.78 is 26.6. The van der Waals surface area contributed by atoms with E-state index in [0.717, 1.165) is 19.3 Å². The molecular formula is C9H18N2O4S. The van der Waals surface area contributed by atoms with E-state index >= 15 is 0 Å². The first-order chi connectivity index (χ1) is 7.47. The van der Waals surface area contributed by atoms with Crippen LogP contribution < -0.4 is 4.72 Å². The van der Waals surface area contributed by atoms with E-state index in [1.165, 1.54) is 4.31 Å². The molecule has 1 atom stereocenters. The topological polar surface area (TPSA) is 86.7 Å². The van der Waals surface area contributed by atoms with Crippen molar-refractivity contribution in [1.82, 2.24) is 9.03 Å². The van der Waals surface area contributed by atoms with E-state index in [2.05, 4.69) is 4.72 Å². The first kappa shape index (κ1) is 13.4. The number of hydrogen-bond donors (Lipinski definition) is 2. The molecule has 0 radical (unpaired) electrons. The van der Waals surface area contributed by atoms with Crippen LogP contribution in [0.4, 0.5) is 0 Å². The van der Waals surface area contributed by atoms with E-state index < -0.39 is 22.1 Å². The van der Waals surface area contributed by atoms with Gasteiger partial charge in [-0.1, -0.05) is 19.8 Å². The number of rotatable bonds is 5. The van der Waals surface area contributed by atoms with Crippen LogP contribution in [-0.2, 0) is 15.0 Å². The van der Waals surface area contributed by atoms with E-state index in [9.17, 15) is 13.2 Å². The van der Waals surface area contributed by atoms with Gasteiger partial charge in [0.15, 0.2) is 0 Å². The molecule has 0 aromatic heterocycles. The van der Waals surface area contributed by atoms with Crippen molar-refractivity contribution in [2.75, 3.05) is 19.6 Å². The summed E-state index contributed by atoms with van der Waals surface area (Å²) in [7, 11) is -3.45. The predicted octanol–water partition coefficient (Wildman–Crippen LogP) is 0.0274. The lowest BCUT2D eigenvalue weighted by atomic mass is 10.1. The number of unbranched alkanes of at least 4 members (excludes halogenated alkanes) is 2. The van der Waals surface area contributed by atoms with Crippen molar-refractivity contribution in [2.45, 2.75) is 26.2 Å². The van der Waals surface area contributed by atoms with Gasteiger partial charge in [0.2, 0.25) is 0 Å². The van der Waals surface area contributed by atoms with Crippen molar-refractivity contribution >= 4 is 16.2 Å². The van der Waals surface area contributed by atoms with Crippen molar-refractivity contribution in [3.63, 3.8) is 0 Å². The fourth-order valence-corrected chi connectivity index (χ4v) is 2.96. The van der Waals surface area contributed by atoms with Crippen LogP contribution in [0.25, 0.3) is 0 Å². The maximum atomic E-state index is 11.6. The number of nitrogens with zero attached hydrogens (tertiary/aromatic N) is 1. The Balaban J connectivity index is 2.58. The highest BCUT2D eigenvalue weighted by molar-refractivity contribution is 7.87. The Morgan fingerprint density at radius 1 is 1.50 bits per heavy atom. The largest absolute Gasteiger partial charge is 0.481 e. The molecule has 1 unspecified atom stereocenters. The highest BCUT2D eigenvalue weighted by Gasteiger charge is 2.33. The molecule has 1 fully saturated rings. The molecule has 1 saturated heterocycles. The van der Waals surface area contributed by atoms with Gasteiger partial charge in [-0.15, -0.1) is 0 Å². The van der Waals surface area contributed by atoms with Crippen molar-refractivity contribution in [1.29, 1.82) is 0 Å². The monoisotopic (exact) mass is 250 g/mol. The number of nitrogens with one attached hydrogen (secondary N) is 1. The number of carboxylic acids is 1. The lowest BCUT2D eigenvalue weighted by molar-refractivity contribution is -0.141. The van der Waals surface area contributed by atoms with Crippen molar-refractivity contribution in [2.24, 2.45) is 5.92 Å². The van der Waals surface area contributed by atoms with E-state index in [1.807, 2.05) is 6.92 Å². The van der Waals surface area contributed by atoms with Crippen LogP contribution in [0.3, 0.4) is 0 Å². The average Bonchev–Trinajstić information content (AvgIpc) is 2.20. The van der Waals surface area contributed by atoms with Gasteiger partial charge in [0.25, 0.3) is 10.2 Å². The van der Waals surface area contributed by atoms with Gasteiger partial charge in [-0.2, -0.15) is 12.7 Å². The lowest BCUT2D eigenvalue weighted by Crippen LogP contribution is -2.53. The van der Waals surface area contributed by atoms with Crippen LogP contribution >= 0.6 is 0 Å². The molecule has 0 saturated carbocycles. The van der Waals surface area contributed by atoms with Gasteiger partial charge < -0.3 is 5.11 Å². The molecule has 0 aliphatic carbocycles. The Bertz CT molecular complexity index is 341. The van der Waals surface area contributed by atoms with Crippen molar-refractivity contribution in [3.05, 3.63) is 0 Å². The van der Waals surface area contributed by atoms with Crippen LogP contribution in [0, 0.1) is 5.92 Å². The van der Waals surface area contributed by atoms with E-state index in [-0.39, 0.29) is 13.1 Å². The normalized spacial score (nSPS) is 25.4. The minimum absolute atomic E-state index is 0.0120. The van der Waals surface area contributed by atoms with Crippen LogP contribution in [0.5, 0.6) is 0 Å².